The molecule has 0 radical (unpaired) electrons. The first-order valence-corrected chi connectivity index (χ1v) is 12.0. The van der Waals surface area contributed by atoms with Crippen LogP contribution in [0.4, 0.5) is 13.2 Å². The maximum Gasteiger partial charge on any atom is 0.420 e. The topological polar surface area (TPSA) is 96.9 Å². The molecule has 13 heteroatoms. The number of aromatic nitrogens is 2. The summed E-state index contributed by atoms with van der Waals surface area (Å²) in [5, 5.41) is -0.364. The smallest absolute Gasteiger partial charge is 0.420 e. The van der Waals surface area contributed by atoms with Gasteiger partial charge in [-0.1, -0.05) is 0 Å². The Morgan fingerprint density at radius 2 is 1.91 bits per heavy atom. The number of fused-ring (bicyclic) bond motifs is 1. The molecule has 170 valence electrons. The highest BCUT2D eigenvalue weighted by Gasteiger charge is 2.41. The van der Waals surface area contributed by atoms with Crippen molar-refractivity contribution < 1.29 is 30.8 Å². The van der Waals surface area contributed by atoms with Gasteiger partial charge in [0.05, 0.1) is 23.1 Å². The van der Waals surface area contributed by atoms with Crippen LogP contribution < -0.4 is 4.72 Å². The van der Waals surface area contributed by atoms with Gasteiger partial charge in [0.1, 0.15) is 11.3 Å². The lowest BCUT2D eigenvalue weighted by Crippen LogP contribution is -2.61. The Balaban J connectivity index is 1.41. The van der Waals surface area contributed by atoms with Crippen molar-refractivity contribution in [2.45, 2.75) is 30.3 Å². The van der Waals surface area contributed by atoms with Crippen LogP contribution in [0.25, 0.3) is 16.8 Å². The number of nitrogens with one attached hydrogen (secondary N) is 1. The molecule has 32 heavy (non-hydrogen) atoms. The molecule has 0 aromatic carbocycles. The molecule has 1 amide bonds. The van der Waals surface area contributed by atoms with Crippen LogP contribution in [-0.4, -0.2) is 53.0 Å². The van der Waals surface area contributed by atoms with Gasteiger partial charge in [0, 0.05) is 36.6 Å². The van der Waals surface area contributed by atoms with Crippen molar-refractivity contribution in [3.8, 4) is 11.1 Å². The number of pyridine rings is 1. The zero-order valence-corrected chi connectivity index (χ0v) is 18.7. The van der Waals surface area contributed by atoms with Crippen LogP contribution in [0, 0.1) is 0 Å². The summed E-state index contributed by atoms with van der Waals surface area (Å²) >= 11 is 3.12. The van der Waals surface area contributed by atoms with E-state index in [1.165, 1.54) is 34.0 Å². The maximum atomic E-state index is 13.7. The van der Waals surface area contributed by atoms with Crippen molar-refractivity contribution in [1.82, 2.24) is 19.0 Å². The van der Waals surface area contributed by atoms with Gasteiger partial charge in [-0.15, -0.1) is 0 Å². The Bertz CT molecular complexity index is 1320. The third-order valence-corrected chi connectivity index (χ3v) is 7.87. The normalized spacial score (nSPS) is 17.7. The van der Waals surface area contributed by atoms with Crippen LogP contribution in [0.2, 0.25) is 0 Å². The molecule has 2 fully saturated rings. The van der Waals surface area contributed by atoms with E-state index in [2.05, 4.69) is 25.6 Å². The second kappa shape index (κ2) is 7.32. The van der Waals surface area contributed by atoms with E-state index in [0.29, 0.717) is 23.1 Å². The standard InChI is InChI=1S/C19H16BrF3N4O4S/c20-16-4-11(9-31-16)10-3-14(19(21,22)23)17-24-15(8-26(17)5-10)18(28)27-6-12(7-27)25-32(29,30)13-1-2-13/h3-5,8-9,12-13,25H,1-2,6-7H2. The summed E-state index contributed by atoms with van der Waals surface area (Å²) in [6, 6.07) is 2.09. The van der Waals surface area contributed by atoms with Gasteiger partial charge in [0.15, 0.2) is 4.67 Å². The van der Waals surface area contributed by atoms with Crippen molar-refractivity contribution >= 4 is 37.5 Å². The summed E-state index contributed by atoms with van der Waals surface area (Å²) in [7, 11) is -3.38. The fourth-order valence-electron chi connectivity index (χ4n) is 3.62. The molecule has 5 rings (SSSR count). The lowest BCUT2D eigenvalue weighted by molar-refractivity contribution is -0.136. The molecule has 2 aliphatic rings. The van der Waals surface area contributed by atoms with Gasteiger partial charge >= 0.3 is 6.18 Å². The van der Waals surface area contributed by atoms with Gasteiger partial charge in [-0.2, -0.15) is 13.2 Å². The molecule has 3 aromatic heterocycles. The van der Waals surface area contributed by atoms with Gasteiger partial charge in [-0.25, -0.2) is 18.1 Å². The van der Waals surface area contributed by atoms with E-state index < -0.39 is 39.4 Å². The molecule has 3 aromatic rings. The first kappa shape index (κ1) is 21.5. The number of halogens is 4. The zero-order chi connectivity index (χ0) is 22.8. The van der Waals surface area contributed by atoms with Crippen LogP contribution in [-0.2, 0) is 16.2 Å². The van der Waals surface area contributed by atoms with E-state index in [-0.39, 0.29) is 29.6 Å². The van der Waals surface area contributed by atoms with Crippen LogP contribution in [0.15, 0.2) is 39.9 Å². The number of sulfonamides is 1. The summed E-state index contributed by atoms with van der Waals surface area (Å²) in [4.78, 5) is 18.0. The molecule has 0 spiro atoms. The number of hydrogen-bond donors (Lipinski definition) is 1. The molecule has 0 unspecified atom stereocenters. The highest BCUT2D eigenvalue weighted by atomic mass is 79.9. The third-order valence-electron chi connectivity index (χ3n) is 5.44. The first-order chi connectivity index (χ1) is 15.0. The van der Waals surface area contributed by atoms with Crippen molar-refractivity contribution in [1.29, 1.82) is 0 Å². The number of carbonyl (C=O) groups is 1. The number of alkyl halides is 3. The number of furan rings is 1. The van der Waals surface area contributed by atoms with E-state index in [1.807, 2.05) is 0 Å². The second-order valence-corrected chi connectivity index (χ2v) is 10.7. The molecule has 4 heterocycles. The first-order valence-electron chi connectivity index (χ1n) is 9.66. The minimum atomic E-state index is -4.69. The molecule has 1 aliphatic carbocycles. The summed E-state index contributed by atoms with van der Waals surface area (Å²) in [6.45, 7) is 0.276. The Kier molecular flexibility index (Phi) is 4.91. The number of nitrogens with zero attached hydrogens (tertiary/aromatic N) is 3. The summed E-state index contributed by atoms with van der Waals surface area (Å²) in [5.41, 5.74) is -0.846. The largest absolute Gasteiger partial charge is 0.457 e. The Morgan fingerprint density at radius 3 is 2.50 bits per heavy atom. The lowest BCUT2D eigenvalue weighted by atomic mass is 10.1. The fourth-order valence-corrected chi connectivity index (χ4v) is 5.52. The van der Waals surface area contributed by atoms with E-state index in [0.717, 1.165) is 6.07 Å². The maximum absolute atomic E-state index is 13.7. The summed E-state index contributed by atoms with van der Waals surface area (Å²) in [6.07, 6.45) is 0.572. The van der Waals surface area contributed by atoms with Crippen LogP contribution in [0.3, 0.4) is 0 Å². The van der Waals surface area contributed by atoms with E-state index in [9.17, 15) is 26.4 Å². The predicted molar refractivity (Wildman–Crippen MR) is 110 cm³/mol. The number of hydrogen-bond acceptors (Lipinski definition) is 5. The molecular formula is C19H16BrF3N4O4S. The van der Waals surface area contributed by atoms with Gasteiger partial charge in [-0.3, -0.25) is 4.79 Å². The van der Waals surface area contributed by atoms with E-state index >= 15 is 0 Å². The summed E-state index contributed by atoms with van der Waals surface area (Å²) < 4.78 is 74.3. The van der Waals surface area contributed by atoms with Crippen LogP contribution in [0.1, 0.15) is 28.9 Å². The predicted octanol–water partition coefficient (Wildman–Crippen LogP) is 3.28. The van der Waals surface area contributed by atoms with Crippen molar-refractivity contribution in [2.24, 2.45) is 0 Å². The molecule has 1 aliphatic heterocycles. The Morgan fingerprint density at radius 1 is 1.19 bits per heavy atom. The Labute approximate surface area is 188 Å². The van der Waals surface area contributed by atoms with Gasteiger partial charge in [-0.05, 0) is 40.9 Å². The number of amides is 1. The molecule has 0 atom stereocenters. The van der Waals surface area contributed by atoms with Gasteiger partial charge in [0.25, 0.3) is 5.91 Å². The number of carbonyl (C=O) groups excluding carboxylic acids is 1. The number of imidazole rings is 1. The highest BCUT2D eigenvalue weighted by molar-refractivity contribution is 9.10. The molecule has 0 bridgehead atoms. The number of likely N-dealkylation sites (tertiary alicyclic amines) is 1. The zero-order valence-electron chi connectivity index (χ0n) is 16.3. The molecular weight excluding hydrogens is 517 g/mol. The summed E-state index contributed by atoms with van der Waals surface area (Å²) in [5.74, 6) is -0.559. The van der Waals surface area contributed by atoms with Crippen LogP contribution >= 0.6 is 15.9 Å². The average Bonchev–Trinajstić information content (AvgIpc) is 3.33. The van der Waals surface area contributed by atoms with E-state index in [4.69, 9.17) is 4.42 Å². The SMILES string of the molecule is O=C(c1cn2cc(-c3coc(Br)c3)cc(C(F)(F)F)c2n1)N1CC(NS(=O)(=O)C2CC2)C1. The van der Waals surface area contributed by atoms with E-state index in [1.54, 1.807) is 0 Å². The number of rotatable bonds is 5. The third kappa shape index (κ3) is 3.92. The minimum absolute atomic E-state index is 0.138. The second-order valence-electron chi connectivity index (χ2n) is 7.91. The van der Waals surface area contributed by atoms with Gasteiger partial charge < -0.3 is 13.7 Å². The molecule has 8 nitrogen and oxygen atoms in total. The monoisotopic (exact) mass is 532 g/mol. The quantitative estimate of drug-likeness (QED) is 0.543. The average molecular weight is 533 g/mol. The van der Waals surface area contributed by atoms with Gasteiger partial charge in [0.2, 0.25) is 10.0 Å². The lowest BCUT2D eigenvalue weighted by Gasteiger charge is -2.38. The van der Waals surface area contributed by atoms with Crippen molar-refractivity contribution in [2.75, 3.05) is 13.1 Å². The molecule has 1 saturated carbocycles. The molecule has 1 saturated heterocycles. The fraction of sp³-hybridized carbons (Fsp3) is 0.368. The van der Waals surface area contributed by atoms with Crippen molar-refractivity contribution in [3.05, 3.63) is 46.7 Å². The minimum Gasteiger partial charge on any atom is -0.457 e. The Hall–Kier alpha value is -2.38. The highest BCUT2D eigenvalue weighted by Crippen LogP contribution is 2.36. The van der Waals surface area contributed by atoms with Crippen LogP contribution in [0.5, 0.6) is 0 Å². The van der Waals surface area contributed by atoms with Crippen molar-refractivity contribution in [3.63, 3.8) is 0 Å². The molecule has 1 N–H and O–H groups in total.